The summed E-state index contributed by atoms with van der Waals surface area (Å²) in [5.41, 5.74) is 1.72. The predicted octanol–water partition coefficient (Wildman–Crippen LogP) is 10.7. The average molecular weight is 552 g/mol. The molecule has 2 atom stereocenters. The van der Waals surface area contributed by atoms with Crippen LogP contribution in [0.2, 0.25) is 5.02 Å². The molecule has 4 nitrogen and oxygen atoms in total. The van der Waals surface area contributed by atoms with E-state index in [2.05, 4.69) is 41.4 Å². The molecule has 0 amide bonds. The number of ether oxygens (including phenoxy) is 1. The number of hydrogen-bond acceptors (Lipinski definition) is 4. The van der Waals surface area contributed by atoms with Crippen LogP contribution in [0.4, 0.5) is 0 Å². The zero-order valence-electron chi connectivity index (χ0n) is 24.6. The van der Waals surface area contributed by atoms with Crippen molar-refractivity contribution in [3.8, 4) is 11.8 Å². The van der Waals surface area contributed by atoms with Gasteiger partial charge in [-0.2, -0.15) is 15.5 Å². The van der Waals surface area contributed by atoms with Gasteiger partial charge in [-0.1, -0.05) is 113 Å². The van der Waals surface area contributed by atoms with Crippen LogP contribution in [0.15, 0.2) is 58.8 Å². The van der Waals surface area contributed by atoms with Gasteiger partial charge in [-0.15, -0.1) is 0 Å². The Labute approximate surface area is 243 Å². The quantitative estimate of drug-likeness (QED) is 0.114. The van der Waals surface area contributed by atoms with Crippen molar-refractivity contribution in [2.24, 2.45) is 10.2 Å². The Bertz CT molecular complexity index is 1000. The van der Waals surface area contributed by atoms with Gasteiger partial charge in [0.2, 0.25) is 0 Å². The highest BCUT2D eigenvalue weighted by Gasteiger charge is 2.32. The average Bonchev–Trinajstić information content (AvgIpc) is 2.96. The SMILES string of the molecule is CCCCCCCCCCCCC(C#N)(CCCC(CCc1ccccc1Cl)N=NC)c1cccc(OC)c1. The first-order chi connectivity index (χ1) is 19.1. The molecule has 0 N–H and O–H groups in total. The highest BCUT2D eigenvalue weighted by molar-refractivity contribution is 6.31. The first-order valence-corrected chi connectivity index (χ1v) is 15.5. The molecule has 0 heterocycles. The summed E-state index contributed by atoms with van der Waals surface area (Å²) in [6.45, 7) is 2.27. The molecule has 2 rings (SSSR count). The van der Waals surface area contributed by atoms with E-state index in [0.29, 0.717) is 0 Å². The van der Waals surface area contributed by atoms with Gasteiger partial charge < -0.3 is 4.74 Å². The second-order valence-electron chi connectivity index (χ2n) is 10.8. The maximum atomic E-state index is 10.5. The van der Waals surface area contributed by atoms with Crippen LogP contribution in [0.5, 0.6) is 5.75 Å². The van der Waals surface area contributed by atoms with E-state index in [1.165, 1.54) is 57.8 Å². The lowest BCUT2D eigenvalue weighted by atomic mass is 9.73. The van der Waals surface area contributed by atoms with Crippen LogP contribution in [0, 0.1) is 11.3 Å². The largest absolute Gasteiger partial charge is 0.497 e. The van der Waals surface area contributed by atoms with E-state index in [1.807, 2.05) is 30.3 Å². The molecule has 0 saturated heterocycles. The fourth-order valence-corrected chi connectivity index (χ4v) is 5.74. The second kappa shape index (κ2) is 19.6. The summed E-state index contributed by atoms with van der Waals surface area (Å²) >= 11 is 6.37. The number of halogens is 1. The van der Waals surface area contributed by atoms with E-state index in [-0.39, 0.29) is 6.04 Å². The Hall–Kier alpha value is -2.38. The van der Waals surface area contributed by atoms with Gasteiger partial charge in [-0.3, -0.25) is 0 Å². The van der Waals surface area contributed by atoms with Crippen molar-refractivity contribution >= 4 is 11.6 Å². The molecule has 0 aromatic heterocycles. The molecule has 0 aliphatic carbocycles. The summed E-state index contributed by atoms with van der Waals surface area (Å²) in [5.74, 6) is 0.813. The maximum absolute atomic E-state index is 10.5. The molecule has 0 spiro atoms. The van der Waals surface area contributed by atoms with Crippen molar-refractivity contribution in [3.63, 3.8) is 0 Å². The summed E-state index contributed by atoms with van der Waals surface area (Å²) in [4.78, 5) is 0. The number of azo groups is 1. The van der Waals surface area contributed by atoms with Crippen molar-refractivity contribution < 1.29 is 4.74 Å². The van der Waals surface area contributed by atoms with Crippen molar-refractivity contribution in [1.29, 1.82) is 5.26 Å². The lowest BCUT2D eigenvalue weighted by Gasteiger charge is -2.28. The minimum Gasteiger partial charge on any atom is -0.497 e. The van der Waals surface area contributed by atoms with Crippen LogP contribution < -0.4 is 4.74 Å². The minimum atomic E-state index is -0.509. The molecule has 0 aliphatic rings. The predicted molar refractivity (Wildman–Crippen MR) is 165 cm³/mol. The second-order valence-corrected chi connectivity index (χ2v) is 11.3. The van der Waals surface area contributed by atoms with Crippen molar-refractivity contribution in [3.05, 3.63) is 64.7 Å². The van der Waals surface area contributed by atoms with E-state index in [1.54, 1.807) is 14.2 Å². The highest BCUT2D eigenvalue weighted by atomic mass is 35.5. The number of methoxy groups -OCH3 is 1. The zero-order valence-corrected chi connectivity index (χ0v) is 25.4. The standard InChI is InChI=1S/C34H50ClN3O/c1-4-5-6-7-8-9-10-11-12-15-25-34(28-36,30-19-16-21-32(27-30)39-3)26-17-20-31(38-37-2)24-23-29-18-13-14-22-33(29)35/h13-14,16,18-19,21-22,27,31H,4-12,15,17,20,23-26H2,1-3H3. The van der Waals surface area contributed by atoms with Crippen LogP contribution in [0.3, 0.4) is 0 Å². The van der Waals surface area contributed by atoms with Crippen LogP contribution in [-0.4, -0.2) is 20.2 Å². The molecule has 5 heteroatoms. The molecular weight excluding hydrogens is 502 g/mol. The first-order valence-electron chi connectivity index (χ1n) is 15.2. The van der Waals surface area contributed by atoms with Gasteiger partial charge in [0.05, 0.1) is 24.6 Å². The number of nitrogens with zero attached hydrogens (tertiary/aromatic N) is 3. The molecule has 0 aliphatic heterocycles. The summed E-state index contributed by atoms with van der Waals surface area (Å²) in [5, 5.41) is 20.0. The summed E-state index contributed by atoms with van der Waals surface area (Å²) < 4.78 is 5.51. The van der Waals surface area contributed by atoms with Gasteiger partial charge >= 0.3 is 0 Å². The third kappa shape index (κ3) is 12.1. The zero-order chi connectivity index (χ0) is 28.2. The Morgan fingerprint density at radius 1 is 0.872 bits per heavy atom. The van der Waals surface area contributed by atoms with Crippen LogP contribution in [-0.2, 0) is 11.8 Å². The van der Waals surface area contributed by atoms with Gasteiger partial charge in [0.25, 0.3) is 0 Å². The molecule has 0 saturated carbocycles. The third-order valence-electron chi connectivity index (χ3n) is 7.92. The number of aryl methyl sites for hydroxylation is 1. The van der Waals surface area contributed by atoms with E-state index in [4.69, 9.17) is 16.3 Å². The fourth-order valence-electron chi connectivity index (χ4n) is 5.51. The molecule has 39 heavy (non-hydrogen) atoms. The maximum Gasteiger partial charge on any atom is 0.119 e. The van der Waals surface area contributed by atoms with Gasteiger partial charge in [0, 0.05) is 12.1 Å². The van der Waals surface area contributed by atoms with Crippen molar-refractivity contribution in [2.75, 3.05) is 14.2 Å². The van der Waals surface area contributed by atoms with Gasteiger partial charge in [0.15, 0.2) is 0 Å². The number of unbranched alkanes of at least 4 members (excludes halogenated alkanes) is 9. The molecule has 0 radical (unpaired) electrons. The molecule has 2 aromatic carbocycles. The highest BCUT2D eigenvalue weighted by Crippen LogP contribution is 2.37. The number of benzene rings is 2. The summed E-state index contributed by atoms with van der Waals surface area (Å²) in [6, 6.07) is 19.0. The van der Waals surface area contributed by atoms with Gasteiger partial charge in [0.1, 0.15) is 5.75 Å². The summed E-state index contributed by atoms with van der Waals surface area (Å²) in [7, 11) is 3.43. The van der Waals surface area contributed by atoms with Crippen LogP contribution >= 0.6 is 11.6 Å². The lowest BCUT2D eigenvalue weighted by molar-refractivity contribution is 0.392. The summed E-state index contributed by atoms with van der Waals surface area (Å²) in [6.07, 6.45) is 18.3. The third-order valence-corrected chi connectivity index (χ3v) is 8.29. The fraction of sp³-hybridized carbons (Fsp3) is 0.618. The van der Waals surface area contributed by atoms with Crippen molar-refractivity contribution in [1.82, 2.24) is 0 Å². The Kier molecular flexibility index (Phi) is 16.5. The number of nitriles is 1. The van der Waals surface area contributed by atoms with E-state index >= 15 is 0 Å². The van der Waals surface area contributed by atoms with E-state index in [0.717, 1.165) is 66.8 Å². The van der Waals surface area contributed by atoms with Gasteiger partial charge in [-0.25, -0.2) is 0 Å². The van der Waals surface area contributed by atoms with Gasteiger partial charge in [-0.05, 0) is 67.9 Å². The first kappa shape index (κ1) is 32.8. The lowest BCUT2D eigenvalue weighted by Crippen LogP contribution is -2.25. The number of rotatable bonds is 21. The number of hydrogen-bond donors (Lipinski definition) is 0. The molecular formula is C34H50ClN3O. The Morgan fingerprint density at radius 3 is 2.18 bits per heavy atom. The molecule has 0 fully saturated rings. The molecule has 214 valence electrons. The minimum absolute atomic E-state index is 0.130. The smallest absolute Gasteiger partial charge is 0.119 e. The van der Waals surface area contributed by atoms with Crippen LogP contribution in [0.25, 0.3) is 0 Å². The monoisotopic (exact) mass is 551 g/mol. The molecule has 0 bridgehead atoms. The molecule has 2 unspecified atom stereocenters. The van der Waals surface area contributed by atoms with Crippen LogP contribution in [0.1, 0.15) is 114 Å². The van der Waals surface area contributed by atoms with E-state index in [9.17, 15) is 5.26 Å². The topological polar surface area (TPSA) is 57.7 Å². The van der Waals surface area contributed by atoms with E-state index < -0.39 is 5.41 Å². The van der Waals surface area contributed by atoms with Crippen molar-refractivity contribution in [2.45, 2.75) is 121 Å². The Morgan fingerprint density at radius 2 is 1.54 bits per heavy atom. The molecule has 2 aromatic rings. The normalized spacial score (nSPS) is 13.7. The Balaban J connectivity index is 1.96.